The second kappa shape index (κ2) is 7.61. The maximum atomic E-state index is 10.6. The number of rotatable bonds is 6. The molecule has 1 unspecified atom stereocenters. The maximum absolute atomic E-state index is 10.6. The van der Waals surface area contributed by atoms with Crippen molar-refractivity contribution in [2.75, 3.05) is 24.6 Å². The van der Waals surface area contributed by atoms with Gasteiger partial charge in [0.05, 0.1) is 11.0 Å². The summed E-state index contributed by atoms with van der Waals surface area (Å²) in [7, 11) is 0. The molecule has 6 heteroatoms. The van der Waals surface area contributed by atoms with E-state index in [-0.39, 0.29) is 5.69 Å². The summed E-state index contributed by atoms with van der Waals surface area (Å²) in [5.74, 6) is 3.18. The van der Waals surface area contributed by atoms with Crippen LogP contribution < -0.4 is 5.32 Å². The zero-order valence-electron chi connectivity index (χ0n) is 11.3. The van der Waals surface area contributed by atoms with Gasteiger partial charge in [-0.05, 0) is 54.5 Å². The highest BCUT2D eigenvalue weighted by atomic mass is 32.2. The molecule has 1 aromatic rings. The number of nitrogens with one attached hydrogen (secondary N) is 1. The first-order chi connectivity index (χ1) is 9.66. The lowest BCUT2D eigenvalue weighted by molar-refractivity contribution is -0.384. The molecule has 1 aliphatic heterocycles. The van der Waals surface area contributed by atoms with Crippen molar-refractivity contribution in [1.82, 2.24) is 5.32 Å². The van der Waals surface area contributed by atoms with Gasteiger partial charge in [-0.3, -0.25) is 10.1 Å². The summed E-state index contributed by atoms with van der Waals surface area (Å²) in [5.41, 5.74) is 0.760. The highest BCUT2D eigenvalue weighted by molar-refractivity contribution is 7.99. The fourth-order valence-corrected chi connectivity index (χ4v) is 3.51. The molecule has 2 N–H and O–H groups in total. The van der Waals surface area contributed by atoms with E-state index in [9.17, 15) is 15.2 Å². The molecule has 0 aliphatic carbocycles. The van der Waals surface area contributed by atoms with E-state index in [0.29, 0.717) is 18.0 Å². The Labute approximate surface area is 122 Å². The molecular formula is C14H20N2O3S. The van der Waals surface area contributed by atoms with E-state index in [2.05, 4.69) is 5.32 Å². The zero-order chi connectivity index (χ0) is 14.4. The monoisotopic (exact) mass is 296 g/mol. The number of aliphatic hydroxyl groups is 1. The van der Waals surface area contributed by atoms with Gasteiger partial charge in [-0.25, -0.2) is 0 Å². The van der Waals surface area contributed by atoms with Crippen LogP contribution in [-0.2, 0) is 0 Å². The highest BCUT2D eigenvalue weighted by Crippen LogP contribution is 2.22. The van der Waals surface area contributed by atoms with Gasteiger partial charge in [0.1, 0.15) is 0 Å². The third-order valence-electron chi connectivity index (χ3n) is 3.60. The molecule has 1 aliphatic rings. The molecule has 0 aromatic heterocycles. The summed E-state index contributed by atoms with van der Waals surface area (Å²) in [6.45, 7) is 1.42. The normalized spacial score (nSPS) is 17.9. The van der Waals surface area contributed by atoms with Gasteiger partial charge in [-0.15, -0.1) is 0 Å². The lowest BCUT2D eigenvalue weighted by atomic mass is 10.0. The third kappa shape index (κ3) is 4.47. The highest BCUT2D eigenvalue weighted by Gasteiger charge is 2.14. The average Bonchev–Trinajstić information content (AvgIpc) is 2.48. The Morgan fingerprint density at radius 2 is 2.00 bits per heavy atom. The molecule has 0 amide bonds. The number of thioether (sulfide) groups is 1. The van der Waals surface area contributed by atoms with Crippen molar-refractivity contribution in [3.63, 3.8) is 0 Å². The molecule has 5 nitrogen and oxygen atoms in total. The van der Waals surface area contributed by atoms with Gasteiger partial charge in [0.2, 0.25) is 0 Å². The minimum atomic E-state index is -0.617. The van der Waals surface area contributed by atoms with Crippen LogP contribution >= 0.6 is 11.8 Å². The molecule has 0 saturated carbocycles. The maximum Gasteiger partial charge on any atom is 0.269 e. The van der Waals surface area contributed by atoms with Gasteiger partial charge < -0.3 is 10.4 Å². The van der Waals surface area contributed by atoms with Crippen LogP contribution in [0.5, 0.6) is 0 Å². The van der Waals surface area contributed by atoms with Gasteiger partial charge in [0, 0.05) is 18.7 Å². The first kappa shape index (κ1) is 15.3. The van der Waals surface area contributed by atoms with E-state index in [1.54, 1.807) is 12.1 Å². The number of hydrogen-bond acceptors (Lipinski definition) is 5. The van der Waals surface area contributed by atoms with Gasteiger partial charge in [0.25, 0.3) is 5.69 Å². The van der Waals surface area contributed by atoms with Crippen LogP contribution in [0.15, 0.2) is 24.3 Å². The Kier molecular flexibility index (Phi) is 5.82. The van der Waals surface area contributed by atoms with Gasteiger partial charge in [-0.1, -0.05) is 0 Å². The Bertz CT molecular complexity index is 433. The van der Waals surface area contributed by atoms with Crippen molar-refractivity contribution in [1.29, 1.82) is 0 Å². The number of aliphatic hydroxyl groups excluding tert-OH is 1. The topological polar surface area (TPSA) is 75.4 Å². The first-order valence-electron chi connectivity index (χ1n) is 6.87. The number of nitro groups is 1. The van der Waals surface area contributed by atoms with E-state index in [0.717, 1.165) is 6.54 Å². The Morgan fingerprint density at radius 3 is 2.60 bits per heavy atom. The van der Waals surface area contributed by atoms with Crippen LogP contribution in [0.25, 0.3) is 0 Å². The second-order valence-corrected chi connectivity index (χ2v) is 6.30. The summed E-state index contributed by atoms with van der Waals surface area (Å²) in [4.78, 5) is 10.1. The molecule has 1 saturated heterocycles. The minimum absolute atomic E-state index is 0.0496. The van der Waals surface area contributed by atoms with E-state index in [1.807, 2.05) is 11.8 Å². The van der Waals surface area contributed by atoms with Crippen LogP contribution in [-0.4, -0.2) is 34.6 Å². The van der Waals surface area contributed by atoms with Crippen molar-refractivity contribution in [3.05, 3.63) is 39.9 Å². The van der Waals surface area contributed by atoms with Crippen molar-refractivity contribution < 1.29 is 10.0 Å². The van der Waals surface area contributed by atoms with E-state index >= 15 is 0 Å². The molecular weight excluding hydrogens is 276 g/mol. The van der Waals surface area contributed by atoms with Crippen LogP contribution in [0.2, 0.25) is 0 Å². The van der Waals surface area contributed by atoms with Gasteiger partial charge in [0.15, 0.2) is 0 Å². The van der Waals surface area contributed by atoms with E-state index in [1.165, 1.54) is 36.5 Å². The molecule has 1 aromatic carbocycles. The predicted octanol–water partition coefficient (Wildman–Crippen LogP) is 2.36. The van der Waals surface area contributed by atoms with Crippen LogP contribution in [0.1, 0.15) is 24.5 Å². The van der Waals surface area contributed by atoms with Crippen molar-refractivity contribution in [2.45, 2.75) is 18.9 Å². The third-order valence-corrected chi connectivity index (χ3v) is 4.65. The summed E-state index contributed by atoms with van der Waals surface area (Å²) < 4.78 is 0. The van der Waals surface area contributed by atoms with Crippen molar-refractivity contribution in [3.8, 4) is 0 Å². The summed E-state index contributed by atoms with van der Waals surface area (Å²) in [5, 5.41) is 23.9. The molecule has 0 spiro atoms. The number of non-ortho nitro benzene ring substituents is 1. The largest absolute Gasteiger partial charge is 0.387 e. The number of nitrogens with zero attached hydrogens (tertiary/aromatic N) is 1. The summed E-state index contributed by atoms with van der Waals surface area (Å²) >= 11 is 2.01. The SMILES string of the molecule is O=[N+]([O-])c1ccc(C(O)CNCC2CCSCC2)cc1. The fraction of sp³-hybridized carbons (Fsp3) is 0.571. The quantitative estimate of drug-likeness (QED) is 0.622. The first-order valence-corrected chi connectivity index (χ1v) is 8.03. The van der Waals surface area contributed by atoms with Crippen molar-refractivity contribution >= 4 is 17.4 Å². The predicted molar refractivity (Wildman–Crippen MR) is 81.0 cm³/mol. The molecule has 0 radical (unpaired) electrons. The zero-order valence-corrected chi connectivity index (χ0v) is 12.1. The number of benzene rings is 1. The Hall–Kier alpha value is -1.11. The van der Waals surface area contributed by atoms with Crippen LogP contribution in [0.3, 0.4) is 0 Å². The molecule has 1 heterocycles. The molecule has 20 heavy (non-hydrogen) atoms. The number of nitro benzene ring substituents is 1. The Balaban J connectivity index is 1.76. The van der Waals surface area contributed by atoms with Gasteiger partial charge >= 0.3 is 0 Å². The molecule has 2 rings (SSSR count). The standard InChI is InChI=1S/C14H20N2O3S/c17-14(10-15-9-11-5-7-20-8-6-11)12-1-3-13(4-2-12)16(18)19/h1-4,11,14-15,17H,5-10H2. The minimum Gasteiger partial charge on any atom is -0.387 e. The van der Waals surface area contributed by atoms with E-state index < -0.39 is 11.0 Å². The molecule has 0 bridgehead atoms. The second-order valence-electron chi connectivity index (χ2n) is 5.08. The lowest BCUT2D eigenvalue weighted by Gasteiger charge is -2.22. The Morgan fingerprint density at radius 1 is 1.35 bits per heavy atom. The summed E-state index contributed by atoms with van der Waals surface area (Å²) in [6, 6.07) is 6.08. The van der Waals surface area contributed by atoms with Gasteiger partial charge in [-0.2, -0.15) is 11.8 Å². The lowest BCUT2D eigenvalue weighted by Crippen LogP contribution is -2.29. The van der Waals surface area contributed by atoms with E-state index in [4.69, 9.17) is 0 Å². The van der Waals surface area contributed by atoms with Crippen LogP contribution in [0.4, 0.5) is 5.69 Å². The number of hydrogen-bond donors (Lipinski definition) is 2. The fourth-order valence-electron chi connectivity index (χ4n) is 2.31. The van der Waals surface area contributed by atoms with Crippen LogP contribution in [0, 0.1) is 16.0 Å². The molecule has 1 atom stereocenters. The molecule has 1 fully saturated rings. The summed E-state index contributed by atoms with van der Waals surface area (Å²) in [6.07, 6.45) is 1.87. The molecule has 110 valence electrons. The van der Waals surface area contributed by atoms with Crippen molar-refractivity contribution in [2.24, 2.45) is 5.92 Å². The smallest absolute Gasteiger partial charge is 0.269 e. The average molecular weight is 296 g/mol.